The van der Waals surface area contributed by atoms with E-state index in [1.165, 1.54) is 6.42 Å². The van der Waals surface area contributed by atoms with Crippen molar-refractivity contribution in [1.29, 1.82) is 0 Å². The number of methoxy groups -OCH3 is 2. The first-order chi connectivity index (χ1) is 12.7. The van der Waals surface area contributed by atoms with E-state index in [1.807, 2.05) is 24.3 Å². The molecule has 2 heterocycles. The Morgan fingerprint density at radius 3 is 2.88 bits per heavy atom. The molecule has 0 saturated carbocycles. The molecule has 1 N–H and O–H groups in total. The van der Waals surface area contributed by atoms with Gasteiger partial charge in [0.05, 0.1) is 19.8 Å². The molecule has 0 radical (unpaired) electrons. The quantitative estimate of drug-likeness (QED) is 0.776. The Bertz CT molecular complexity index is 723. The number of aromatic nitrogens is 2. The van der Waals surface area contributed by atoms with E-state index < -0.39 is 0 Å². The van der Waals surface area contributed by atoms with Crippen molar-refractivity contribution in [2.75, 3.05) is 37.6 Å². The van der Waals surface area contributed by atoms with Crippen molar-refractivity contribution in [3.05, 3.63) is 36.0 Å². The average molecular weight is 356 g/mol. The van der Waals surface area contributed by atoms with Crippen molar-refractivity contribution < 1.29 is 9.47 Å². The number of hydrogen-bond acceptors (Lipinski definition) is 6. The normalized spacial score (nSPS) is 16.7. The summed E-state index contributed by atoms with van der Waals surface area (Å²) < 4.78 is 10.7. The maximum absolute atomic E-state index is 5.39. The minimum absolute atomic E-state index is 0.383. The predicted molar refractivity (Wildman–Crippen MR) is 105 cm³/mol. The fraction of sp³-hybridized carbons (Fsp3) is 0.500. The number of ether oxygens (including phenoxy) is 2. The first-order valence-electron chi connectivity index (χ1n) is 9.28. The molecule has 6 heteroatoms. The second-order valence-corrected chi connectivity index (χ2v) is 6.59. The molecule has 140 valence electrons. The van der Waals surface area contributed by atoms with E-state index in [4.69, 9.17) is 19.4 Å². The van der Waals surface area contributed by atoms with Gasteiger partial charge in [-0.25, -0.2) is 4.98 Å². The van der Waals surface area contributed by atoms with Gasteiger partial charge in [-0.05, 0) is 31.4 Å². The van der Waals surface area contributed by atoms with Crippen molar-refractivity contribution in [2.24, 2.45) is 0 Å². The zero-order chi connectivity index (χ0) is 18.4. The van der Waals surface area contributed by atoms with Crippen LogP contribution in [0, 0.1) is 0 Å². The molecule has 1 aliphatic rings. The fourth-order valence-electron chi connectivity index (χ4n) is 3.40. The predicted octanol–water partition coefficient (Wildman–Crippen LogP) is 3.80. The first-order valence-corrected chi connectivity index (χ1v) is 9.28. The van der Waals surface area contributed by atoms with Gasteiger partial charge in [0, 0.05) is 37.2 Å². The first kappa shape index (κ1) is 18.5. The standard InChI is InChI=1S/C20H28N4O2/c1-4-7-15-13-19(24-11-6-9-17(24)14-25-2)23-20(21-15)22-16-8-5-10-18(12-16)26-3/h5,8,10,12-13,17H,4,6-7,9,11,14H2,1-3H3,(H,21,22,23). The Kier molecular flexibility index (Phi) is 6.28. The van der Waals surface area contributed by atoms with Crippen LogP contribution in [-0.4, -0.2) is 43.4 Å². The van der Waals surface area contributed by atoms with Crippen molar-refractivity contribution in [3.8, 4) is 5.75 Å². The zero-order valence-electron chi connectivity index (χ0n) is 15.9. The van der Waals surface area contributed by atoms with Crippen LogP contribution in [-0.2, 0) is 11.2 Å². The van der Waals surface area contributed by atoms with Crippen molar-refractivity contribution in [2.45, 2.75) is 38.6 Å². The number of nitrogens with zero attached hydrogens (tertiary/aromatic N) is 3. The molecule has 0 spiro atoms. The van der Waals surface area contributed by atoms with Gasteiger partial charge in [-0.15, -0.1) is 0 Å². The maximum Gasteiger partial charge on any atom is 0.229 e. The van der Waals surface area contributed by atoms with Crippen LogP contribution in [0.5, 0.6) is 5.75 Å². The van der Waals surface area contributed by atoms with E-state index in [2.05, 4.69) is 23.2 Å². The molecule has 1 aromatic carbocycles. The molecular formula is C20H28N4O2. The van der Waals surface area contributed by atoms with Gasteiger partial charge in [0.2, 0.25) is 5.95 Å². The third kappa shape index (κ3) is 4.43. The Morgan fingerprint density at radius 2 is 2.12 bits per heavy atom. The van der Waals surface area contributed by atoms with Crippen LogP contribution in [0.2, 0.25) is 0 Å². The Hall–Kier alpha value is -2.34. The lowest BCUT2D eigenvalue weighted by Crippen LogP contribution is -2.33. The van der Waals surface area contributed by atoms with Crippen LogP contribution in [0.25, 0.3) is 0 Å². The van der Waals surface area contributed by atoms with Gasteiger partial charge in [0.1, 0.15) is 11.6 Å². The van der Waals surface area contributed by atoms with Gasteiger partial charge >= 0.3 is 0 Å². The third-order valence-corrected chi connectivity index (χ3v) is 4.63. The highest BCUT2D eigenvalue weighted by molar-refractivity contribution is 5.58. The highest BCUT2D eigenvalue weighted by Crippen LogP contribution is 2.27. The van der Waals surface area contributed by atoms with Crippen LogP contribution in [0.1, 0.15) is 31.9 Å². The molecule has 1 atom stereocenters. The number of aryl methyl sites for hydroxylation is 1. The van der Waals surface area contributed by atoms with E-state index >= 15 is 0 Å². The SMILES string of the molecule is CCCc1cc(N2CCCC2COC)nc(Nc2cccc(OC)c2)n1. The molecule has 1 fully saturated rings. The molecule has 0 amide bonds. The molecule has 6 nitrogen and oxygen atoms in total. The van der Waals surface area contributed by atoms with Gasteiger partial charge in [0.15, 0.2) is 0 Å². The van der Waals surface area contributed by atoms with Gasteiger partial charge < -0.3 is 19.7 Å². The Morgan fingerprint density at radius 1 is 1.23 bits per heavy atom. The molecule has 1 unspecified atom stereocenters. The molecule has 26 heavy (non-hydrogen) atoms. The van der Waals surface area contributed by atoms with Crippen LogP contribution in [0.3, 0.4) is 0 Å². The molecular weight excluding hydrogens is 328 g/mol. The Balaban J connectivity index is 1.88. The summed E-state index contributed by atoms with van der Waals surface area (Å²) in [4.78, 5) is 11.8. The number of rotatable bonds is 8. The molecule has 1 aromatic heterocycles. The summed E-state index contributed by atoms with van der Waals surface area (Å²) in [5.74, 6) is 2.41. The Labute approximate surface area is 155 Å². The van der Waals surface area contributed by atoms with Crippen LogP contribution in [0.4, 0.5) is 17.5 Å². The fourth-order valence-corrected chi connectivity index (χ4v) is 3.40. The average Bonchev–Trinajstić information content (AvgIpc) is 3.11. The zero-order valence-corrected chi connectivity index (χ0v) is 15.9. The topological polar surface area (TPSA) is 59.5 Å². The molecule has 0 aliphatic carbocycles. The smallest absolute Gasteiger partial charge is 0.229 e. The minimum Gasteiger partial charge on any atom is -0.497 e. The third-order valence-electron chi connectivity index (χ3n) is 4.63. The number of benzene rings is 1. The summed E-state index contributed by atoms with van der Waals surface area (Å²) >= 11 is 0. The second-order valence-electron chi connectivity index (χ2n) is 6.59. The summed E-state index contributed by atoms with van der Waals surface area (Å²) in [6, 6.07) is 10.3. The summed E-state index contributed by atoms with van der Waals surface area (Å²) in [6.45, 7) is 3.90. The molecule has 2 aromatic rings. The van der Waals surface area contributed by atoms with Gasteiger partial charge in [0.25, 0.3) is 0 Å². The summed E-state index contributed by atoms with van der Waals surface area (Å²) in [5, 5.41) is 3.33. The van der Waals surface area contributed by atoms with E-state index in [9.17, 15) is 0 Å². The lowest BCUT2D eigenvalue weighted by atomic mass is 10.2. The van der Waals surface area contributed by atoms with Gasteiger partial charge in [-0.1, -0.05) is 19.4 Å². The second kappa shape index (κ2) is 8.85. The summed E-state index contributed by atoms with van der Waals surface area (Å²) in [5.41, 5.74) is 1.98. The van der Waals surface area contributed by atoms with E-state index in [0.717, 1.165) is 55.4 Å². The van der Waals surface area contributed by atoms with Gasteiger partial charge in [-0.2, -0.15) is 4.98 Å². The van der Waals surface area contributed by atoms with Crippen LogP contribution in [0.15, 0.2) is 30.3 Å². The highest BCUT2D eigenvalue weighted by Gasteiger charge is 2.26. The highest BCUT2D eigenvalue weighted by atomic mass is 16.5. The number of anilines is 3. The summed E-state index contributed by atoms with van der Waals surface area (Å²) in [6.07, 6.45) is 4.29. The van der Waals surface area contributed by atoms with E-state index in [-0.39, 0.29) is 0 Å². The van der Waals surface area contributed by atoms with Crippen molar-refractivity contribution in [1.82, 2.24) is 9.97 Å². The summed E-state index contributed by atoms with van der Waals surface area (Å²) in [7, 11) is 3.42. The van der Waals surface area contributed by atoms with E-state index in [0.29, 0.717) is 12.0 Å². The van der Waals surface area contributed by atoms with Crippen molar-refractivity contribution >= 4 is 17.5 Å². The van der Waals surface area contributed by atoms with Gasteiger partial charge in [-0.3, -0.25) is 0 Å². The van der Waals surface area contributed by atoms with Crippen LogP contribution >= 0.6 is 0 Å². The molecule has 3 rings (SSSR count). The van der Waals surface area contributed by atoms with E-state index in [1.54, 1.807) is 14.2 Å². The number of hydrogen-bond donors (Lipinski definition) is 1. The lowest BCUT2D eigenvalue weighted by Gasteiger charge is -2.26. The molecule has 1 saturated heterocycles. The van der Waals surface area contributed by atoms with Crippen molar-refractivity contribution in [3.63, 3.8) is 0 Å². The maximum atomic E-state index is 5.39. The lowest BCUT2D eigenvalue weighted by molar-refractivity contribution is 0.180. The van der Waals surface area contributed by atoms with Crippen LogP contribution < -0.4 is 15.0 Å². The molecule has 1 aliphatic heterocycles. The monoisotopic (exact) mass is 356 g/mol. The largest absolute Gasteiger partial charge is 0.497 e. The molecule has 0 bridgehead atoms. The number of nitrogens with one attached hydrogen (secondary N) is 1. The minimum atomic E-state index is 0.383.